The zero-order chi connectivity index (χ0) is 20.6. The predicted molar refractivity (Wildman–Crippen MR) is 96.6 cm³/mol. The summed E-state index contributed by atoms with van der Waals surface area (Å²) >= 11 is 0. The van der Waals surface area contributed by atoms with Gasteiger partial charge in [-0.25, -0.2) is 0 Å². The molecule has 1 aromatic carbocycles. The highest BCUT2D eigenvalue weighted by Crippen LogP contribution is 2.36. The van der Waals surface area contributed by atoms with Crippen LogP contribution in [0.4, 0.5) is 13.2 Å². The third-order valence-electron chi connectivity index (χ3n) is 4.45. The van der Waals surface area contributed by atoms with Gasteiger partial charge >= 0.3 is 12.1 Å². The number of ether oxygens (including phenoxy) is 1. The summed E-state index contributed by atoms with van der Waals surface area (Å²) in [6.45, 7) is -0.0311. The second kappa shape index (κ2) is 7.06. The zero-order valence-electron chi connectivity index (χ0n) is 15.1. The number of carboxylic acid groups (broad SMARTS) is 1. The number of alkyl halides is 3. The maximum absolute atomic E-state index is 12.8. The van der Waals surface area contributed by atoms with E-state index in [9.17, 15) is 27.9 Å². The lowest BCUT2D eigenvalue weighted by Gasteiger charge is -2.11. The summed E-state index contributed by atoms with van der Waals surface area (Å²) in [6, 6.07) is 7.56. The number of carboxylic acids is 1. The number of methoxy groups -OCH3 is 1. The SMILES string of the molecule is COc1ccc2c(c1)c(-c1ccc(=O)n(CC(F)(F)F)c1)c(C)n2CC(=O)O. The highest BCUT2D eigenvalue weighted by molar-refractivity contribution is 5.99. The molecule has 0 amide bonds. The van der Waals surface area contributed by atoms with Gasteiger partial charge in [-0.2, -0.15) is 13.2 Å². The molecule has 0 aliphatic rings. The van der Waals surface area contributed by atoms with Crippen LogP contribution in [0.2, 0.25) is 0 Å². The second-order valence-corrected chi connectivity index (χ2v) is 6.32. The summed E-state index contributed by atoms with van der Waals surface area (Å²) in [5.74, 6) is -0.533. The number of benzene rings is 1. The molecule has 0 saturated carbocycles. The van der Waals surface area contributed by atoms with Crippen LogP contribution >= 0.6 is 0 Å². The lowest BCUT2D eigenvalue weighted by Crippen LogP contribution is -2.27. The molecule has 0 atom stereocenters. The minimum atomic E-state index is -4.54. The van der Waals surface area contributed by atoms with Crippen LogP contribution in [-0.4, -0.2) is 33.5 Å². The Kier molecular flexibility index (Phi) is 4.93. The molecule has 0 bridgehead atoms. The van der Waals surface area contributed by atoms with Gasteiger partial charge in [0, 0.05) is 40.0 Å². The molecule has 0 fully saturated rings. The maximum Gasteiger partial charge on any atom is 0.406 e. The normalized spacial score (nSPS) is 11.8. The van der Waals surface area contributed by atoms with E-state index in [0.717, 1.165) is 12.3 Å². The van der Waals surface area contributed by atoms with Crippen molar-refractivity contribution in [2.75, 3.05) is 7.11 Å². The molecule has 0 saturated heterocycles. The zero-order valence-corrected chi connectivity index (χ0v) is 15.1. The van der Waals surface area contributed by atoms with Gasteiger partial charge in [0.25, 0.3) is 5.56 Å². The minimum absolute atomic E-state index is 0.309. The third kappa shape index (κ3) is 3.73. The van der Waals surface area contributed by atoms with Crippen LogP contribution in [0.5, 0.6) is 5.75 Å². The summed E-state index contributed by atoms with van der Waals surface area (Å²) in [5, 5.41) is 9.84. The molecule has 28 heavy (non-hydrogen) atoms. The van der Waals surface area contributed by atoms with Crippen molar-refractivity contribution in [1.82, 2.24) is 9.13 Å². The van der Waals surface area contributed by atoms with Crippen LogP contribution in [-0.2, 0) is 17.9 Å². The molecule has 2 aromatic heterocycles. The van der Waals surface area contributed by atoms with Gasteiger partial charge in [-0.1, -0.05) is 0 Å². The molecule has 0 radical (unpaired) electrons. The molecule has 2 heterocycles. The Morgan fingerprint density at radius 1 is 1.21 bits per heavy atom. The van der Waals surface area contributed by atoms with E-state index in [0.29, 0.717) is 38.0 Å². The first kappa shape index (κ1) is 19.5. The molecule has 0 aliphatic carbocycles. The van der Waals surface area contributed by atoms with Crippen molar-refractivity contribution in [3.05, 3.63) is 52.6 Å². The number of carbonyl (C=O) groups is 1. The first-order valence-corrected chi connectivity index (χ1v) is 8.27. The highest BCUT2D eigenvalue weighted by atomic mass is 19.4. The van der Waals surface area contributed by atoms with Gasteiger partial charge in [0.2, 0.25) is 0 Å². The van der Waals surface area contributed by atoms with E-state index in [1.807, 2.05) is 0 Å². The fourth-order valence-electron chi connectivity index (χ4n) is 3.29. The van der Waals surface area contributed by atoms with Gasteiger partial charge in [0.1, 0.15) is 18.8 Å². The van der Waals surface area contributed by atoms with Crippen LogP contribution in [0.15, 0.2) is 41.3 Å². The summed E-state index contributed by atoms with van der Waals surface area (Å²) in [4.78, 5) is 23.1. The number of pyridine rings is 1. The molecule has 148 valence electrons. The minimum Gasteiger partial charge on any atom is -0.497 e. The van der Waals surface area contributed by atoms with E-state index < -0.39 is 24.2 Å². The summed E-state index contributed by atoms with van der Waals surface area (Å²) < 4.78 is 45.7. The standard InChI is InChI=1S/C19H17F3N2O4/c1-11-18(12-3-6-16(25)23(8-12)10-19(20,21)22)14-7-13(28-2)4-5-15(14)24(11)9-17(26)27/h3-8H,9-10H2,1-2H3,(H,26,27). The van der Waals surface area contributed by atoms with Crippen molar-refractivity contribution in [1.29, 1.82) is 0 Å². The molecule has 0 spiro atoms. The third-order valence-corrected chi connectivity index (χ3v) is 4.45. The molecule has 9 heteroatoms. The molecular weight excluding hydrogens is 377 g/mol. The molecule has 1 N–H and O–H groups in total. The average molecular weight is 394 g/mol. The Hall–Kier alpha value is -3.23. The fourth-order valence-corrected chi connectivity index (χ4v) is 3.29. The fraction of sp³-hybridized carbons (Fsp3) is 0.263. The highest BCUT2D eigenvalue weighted by Gasteiger charge is 2.28. The number of halogens is 3. The Morgan fingerprint density at radius 3 is 2.54 bits per heavy atom. The van der Waals surface area contributed by atoms with E-state index >= 15 is 0 Å². The number of aliphatic carboxylic acids is 1. The van der Waals surface area contributed by atoms with Gasteiger partial charge in [-0.3, -0.25) is 9.59 Å². The number of hydrogen-bond donors (Lipinski definition) is 1. The number of aromatic nitrogens is 2. The second-order valence-electron chi connectivity index (χ2n) is 6.32. The molecule has 3 aromatic rings. The van der Waals surface area contributed by atoms with Gasteiger partial charge in [0.05, 0.1) is 7.11 Å². The topological polar surface area (TPSA) is 73.5 Å². The molecular formula is C19H17F3N2O4. The smallest absolute Gasteiger partial charge is 0.406 e. The monoisotopic (exact) mass is 394 g/mol. The largest absolute Gasteiger partial charge is 0.497 e. The molecule has 0 unspecified atom stereocenters. The molecule has 0 aliphatic heterocycles. The van der Waals surface area contributed by atoms with E-state index in [4.69, 9.17) is 4.74 Å². The van der Waals surface area contributed by atoms with E-state index in [1.54, 1.807) is 29.7 Å². The Labute approximate surface area is 157 Å². The summed E-state index contributed by atoms with van der Waals surface area (Å²) in [7, 11) is 1.48. The van der Waals surface area contributed by atoms with Crippen LogP contribution < -0.4 is 10.3 Å². The van der Waals surface area contributed by atoms with Gasteiger partial charge < -0.3 is 19.0 Å². The maximum atomic E-state index is 12.8. The summed E-state index contributed by atoms with van der Waals surface area (Å²) in [5.41, 5.74) is 1.31. The van der Waals surface area contributed by atoms with Crippen molar-refractivity contribution in [2.24, 2.45) is 0 Å². The first-order valence-electron chi connectivity index (χ1n) is 8.27. The van der Waals surface area contributed by atoms with Crippen molar-refractivity contribution in [3.63, 3.8) is 0 Å². The van der Waals surface area contributed by atoms with Crippen molar-refractivity contribution in [2.45, 2.75) is 26.2 Å². The molecule has 3 rings (SSSR count). The number of hydrogen-bond acceptors (Lipinski definition) is 3. The Bertz CT molecular complexity index is 1110. The van der Waals surface area contributed by atoms with Crippen LogP contribution in [0.25, 0.3) is 22.0 Å². The van der Waals surface area contributed by atoms with E-state index in [-0.39, 0.29) is 6.54 Å². The van der Waals surface area contributed by atoms with E-state index in [1.165, 1.54) is 13.2 Å². The number of nitrogens with zero attached hydrogens (tertiary/aromatic N) is 2. The van der Waals surface area contributed by atoms with Crippen LogP contribution in [0.1, 0.15) is 5.69 Å². The lowest BCUT2D eigenvalue weighted by molar-refractivity contribution is -0.141. The first-order chi connectivity index (χ1) is 13.1. The van der Waals surface area contributed by atoms with Crippen molar-refractivity contribution >= 4 is 16.9 Å². The van der Waals surface area contributed by atoms with Crippen LogP contribution in [0.3, 0.4) is 0 Å². The number of fused-ring (bicyclic) bond motifs is 1. The predicted octanol–water partition coefficient (Wildman–Crippen LogP) is 3.43. The number of rotatable bonds is 5. The van der Waals surface area contributed by atoms with E-state index in [2.05, 4.69) is 0 Å². The Morgan fingerprint density at radius 2 is 1.93 bits per heavy atom. The quantitative estimate of drug-likeness (QED) is 0.720. The van der Waals surface area contributed by atoms with Crippen molar-refractivity contribution < 1.29 is 27.8 Å². The van der Waals surface area contributed by atoms with Crippen LogP contribution in [0, 0.1) is 6.92 Å². The Balaban J connectivity index is 2.28. The van der Waals surface area contributed by atoms with Gasteiger partial charge in [0.15, 0.2) is 0 Å². The summed E-state index contributed by atoms with van der Waals surface area (Å²) in [6.07, 6.45) is -3.40. The van der Waals surface area contributed by atoms with Gasteiger partial charge in [-0.05, 0) is 31.2 Å². The average Bonchev–Trinajstić information content (AvgIpc) is 2.86. The van der Waals surface area contributed by atoms with Gasteiger partial charge in [-0.15, -0.1) is 0 Å². The lowest BCUT2D eigenvalue weighted by atomic mass is 10.0. The molecule has 6 nitrogen and oxygen atoms in total. The van der Waals surface area contributed by atoms with Crippen molar-refractivity contribution in [3.8, 4) is 16.9 Å².